The second kappa shape index (κ2) is 5.66. The van der Waals surface area contributed by atoms with Gasteiger partial charge in [0.15, 0.2) is 0 Å². The van der Waals surface area contributed by atoms with E-state index in [1.165, 1.54) is 0 Å². The molecule has 1 saturated heterocycles. The molecule has 0 aliphatic carbocycles. The highest BCUT2D eigenvalue weighted by Gasteiger charge is 2.11. The van der Waals surface area contributed by atoms with E-state index >= 15 is 0 Å². The van der Waals surface area contributed by atoms with Crippen molar-refractivity contribution in [3.63, 3.8) is 0 Å². The zero-order valence-corrected chi connectivity index (χ0v) is 7.71. The summed E-state index contributed by atoms with van der Waals surface area (Å²) in [6.07, 6.45) is 0.361. The Kier molecular flexibility index (Phi) is 4.42. The molecule has 2 heterocycles. The Balaban J connectivity index is 0.000000132. The van der Waals surface area contributed by atoms with E-state index in [1.54, 1.807) is 6.92 Å². The number of rotatable bonds is 0. The van der Waals surface area contributed by atoms with E-state index in [-0.39, 0.29) is 5.97 Å². The summed E-state index contributed by atoms with van der Waals surface area (Å²) in [5, 5.41) is 6.54. The number of nitrogens with zero attached hydrogens (tertiary/aromatic N) is 1. The molecule has 2 rings (SSSR count). The van der Waals surface area contributed by atoms with Gasteiger partial charge < -0.3 is 14.9 Å². The molecule has 74 valence electrons. The minimum absolute atomic E-state index is 0.252. The largest absolute Gasteiger partial charge is 0.379 e. The van der Waals surface area contributed by atoms with E-state index in [0.717, 1.165) is 32.0 Å². The Morgan fingerprint density at radius 1 is 1.38 bits per heavy atom. The molecule has 0 aromatic rings. The summed E-state index contributed by atoms with van der Waals surface area (Å²) in [6.45, 7) is 5.59. The van der Waals surface area contributed by atoms with Crippen molar-refractivity contribution >= 4 is 11.7 Å². The lowest BCUT2D eigenvalue weighted by Crippen LogP contribution is -2.30. The van der Waals surface area contributed by atoms with Gasteiger partial charge in [-0.3, -0.25) is 0 Å². The van der Waals surface area contributed by atoms with Gasteiger partial charge >= 0.3 is 5.97 Å². The van der Waals surface area contributed by atoms with E-state index in [1.807, 2.05) is 0 Å². The minimum Gasteiger partial charge on any atom is -0.379 e. The fourth-order valence-corrected chi connectivity index (χ4v) is 0.918. The van der Waals surface area contributed by atoms with Crippen molar-refractivity contribution < 1.29 is 14.4 Å². The fraction of sp³-hybridized carbons (Fsp3) is 0.750. The Bertz CT molecular complexity index is 188. The zero-order chi connectivity index (χ0) is 9.52. The quantitative estimate of drug-likeness (QED) is 0.537. The Hall–Kier alpha value is -0.940. The first-order valence-electron chi connectivity index (χ1n) is 4.31. The fourth-order valence-electron chi connectivity index (χ4n) is 0.918. The second-order valence-corrected chi connectivity index (χ2v) is 2.83. The number of morpholine rings is 1. The van der Waals surface area contributed by atoms with Gasteiger partial charge in [0.1, 0.15) is 0 Å². The van der Waals surface area contributed by atoms with Gasteiger partial charge in [0.2, 0.25) is 0 Å². The first kappa shape index (κ1) is 10.1. The van der Waals surface area contributed by atoms with Gasteiger partial charge in [0.05, 0.1) is 25.3 Å². The normalized spacial score (nSPS) is 21.3. The first-order chi connectivity index (χ1) is 6.29. The third-order valence-corrected chi connectivity index (χ3v) is 1.55. The summed E-state index contributed by atoms with van der Waals surface area (Å²) in [7, 11) is 0. The van der Waals surface area contributed by atoms with Gasteiger partial charge in [-0.1, -0.05) is 5.16 Å². The van der Waals surface area contributed by atoms with Crippen LogP contribution in [0.2, 0.25) is 0 Å². The van der Waals surface area contributed by atoms with Crippen molar-refractivity contribution in [2.24, 2.45) is 5.16 Å². The molecule has 0 atom stereocenters. The summed E-state index contributed by atoms with van der Waals surface area (Å²) < 4.78 is 5.01. The van der Waals surface area contributed by atoms with Crippen LogP contribution >= 0.6 is 0 Å². The summed E-state index contributed by atoms with van der Waals surface area (Å²) in [6, 6.07) is 0. The van der Waals surface area contributed by atoms with E-state index in [2.05, 4.69) is 15.3 Å². The molecule has 0 aromatic heterocycles. The topological polar surface area (TPSA) is 59.9 Å². The lowest BCUT2D eigenvalue weighted by molar-refractivity contribution is -0.140. The third-order valence-electron chi connectivity index (χ3n) is 1.55. The van der Waals surface area contributed by atoms with E-state index in [9.17, 15) is 4.79 Å². The standard InChI is InChI=1S/C4H5NO2.C4H9NO/c1-3-2-4(6)7-5-3;1-3-6-4-2-5-1/h2H2,1H3;5H,1-4H2. The third kappa shape index (κ3) is 4.59. The van der Waals surface area contributed by atoms with Crippen LogP contribution < -0.4 is 5.32 Å². The van der Waals surface area contributed by atoms with Gasteiger partial charge in [0.25, 0.3) is 0 Å². The average Bonchev–Trinajstić information content (AvgIpc) is 2.54. The minimum atomic E-state index is -0.252. The maximum absolute atomic E-state index is 10.1. The number of nitrogens with one attached hydrogen (secondary N) is 1. The summed E-state index contributed by atoms with van der Waals surface area (Å²) >= 11 is 0. The van der Waals surface area contributed by atoms with Crippen molar-refractivity contribution in [1.29, 1.82) is 0 Å². The van der Waals surface area contributed by atoms with Crippen LogP contribution in [0.1, 0.15) is 13.3 Å². The smallest absolute Gasteiger partial charge is 0.340 e. The SMILES string of the molecule is C1COCCN1.CC1=NOC(=O)C1. The molecule has 0 amide bonds. The van der Waals surface area contributed by atoms with Crippen molar-refractivity contribution in [3.05, 3.63) is 0 Å². The number of hydrogen-bond acceptors (Lipinski definition) is 5. The first-order valence-corrected chi connectivity index (χ1v) is 4.31. The van der Waals surface area contributed by atoms with Crippen molar-refractivity contribution in [1.82, 2.24) is 5.32 Å². The second-order valence-electron chi connectivity index (χ2n) is 2.83. The zero-order valence-electron chi connectivity index (χ0n) is 7.71. The Morgan fingerprint density at radius 3 is 2.23 bits per heavy atom. The molecular formula is C8H14N2O3. The molecule has 13 heavy (non-hydrogen) atoms. The number of hydrogen-bond donors (Lipinski definition) is 1. The summed E-state index contributed by atoms with van der Waals surface area (Å²) in [5.74, 6) is -0.252. The van der Waals surface area contributed by atoms with Gasteiger partial charge in [-0.25, -0.2) is 4.79 Å². The maximum atomic E-state index is 10.1. The van der Waals surface area contributed by atoms with Gasteiger partial charge in [-0.05, 0) is 6.92 Å². The molecule has 0 bridgehead atoms. The molecule has 1 fully saturated rings. The van der Waals surface area contributed by atoms with Crippen LogP contribution in [0.3, 0.4) is 0 Å². The lowest BCUT2D eigenvalue weighted by atomic mass is 10.3. The highest BCUT2D eigenvalue weighted by Crippen LogP contribution is 1.99. The maximum Gasteiger partial charge on any atom is 0.340 e. The van der Waals surface area contributed by atoms with E-state index in [0.29, 0.717) is 6.42 Å². The monoisotopic (exact) mass is 186 g/mol. The van der Waals surface area contributed by atoms with Crippen LogP contribution in [0.15, 0.2) is 5.16 Å². The van der Waals surface area contributed by atoms with Gasteiger partial charge in [-0.2, -0.15) is 0 Å². The van der Waals surface area contributed by atoms with E-state index < -0.39 is 0 Å². The molecule has 5 nitrogen and oxygen atoms in total. The molecule has 5 heteroatoms. The van der Waals surface area contributed by atoms with E-state index in [4.69, 9.17) is 4.74 Å². The van der Waals surface area contributed by atoms with Crippen LogP contribution in [-0.2, 0) is 14.4 Å². The summed E-state index contributed by atoms with van der Waals surface area (Å²) in [4.78, 5) is 14.3. The molecule has 0 unspecified atom stereocenters. The van der Waals surface area contributed by atoms with Crippen LogP contribution in [0.5, 0.6) is 0 Å². The van der Waals surface area contributed by atoms with Crippen LogP contribution in [0, 0.1) is 0 Å². The number of carbonyl (C=O) groups is 1. The van der Waals surface area contributed by atoms with Gasteiger partial charge in [0, 0.05) is 13.1 Å². The molecule has 2 aliphatic heterocycles. The number of carbonyl (C=O) groups excluding carboxylic acids is 1. The van der Waals surface area contributed by atoms with Crippen LogP contribution in [-0.4, -0.2) is 38.0 Å². The van der Waals surface area contributed by atoms with Crippen molar-refractivity contribution in [2.75, 3.05) is 26.3 Å². The average molecular weight is 186 g/mol. The lowest BCUT2D eigenvalue weighted by Gasteiger charge is -2.10. The highest BCUT2D eigenvalue weighted by molar-refractivity contribution is 6.00. The molecule has 0 aromatic carbocycles. The number of oxime groups is 1. The van der Waals surface area contributed by atoms with Crippen molar-refractivity contribution in [2.45, 2.75) is 13.3 Å². The molecule has 2 aliphatic rings. The molecule has 0 spiro atoms. The predicted molar refractivity (Wildman–Crippen MR) is 47.5 cm³/mol. The highest BCUT2D eigenvalue weighted by atomic mass is 16.7. The van der Waals surface area contributed by atoms with Crippen LogP contribution in [0.25, 0.3) is 0 Å². The Morgan fingerprint density at radius 2 is 2.08 bits per heavy atom. The molecule has 0 saturated carbocycles. The Labute approximate surface area is 77.1 Å². The molecule has 1 N–H and O–H groups in total. The predicted octanol–water partition coefficient (Wildman–Crippen LogP) is -0.0846. The number of ether oxygens (including phenoxy) is 1. The molecular weight excluding hydrogens is 172 g/mol. The summed E-state index contributed by atoms with van der Waals surface area (Å²) in [5.41, 5.74) is 0.755. The van der Waals surface area contributed by atoms with Gasteiger partial charge in [-0.15, -0.1) is 0 Å². The van der Waals surface area contributed by atoms with Crippen LogP contribution in [0.4, 0.5) is 0 Å². The van der Waals surface area contributed by atoms with Crippen molar-refractivity contribution in [3.8, 4) is 0 Å². The molecule has 0 radical (unpaired) electrons.